The minimum Gasteiger partial charge on any atom is -0.455 e. The molecular formula is C18H13ClN4O3S. The highest BCUT2D eigenvalue weighted by atomic mass is 35.5. The smallest absolute Gasteiger partial charge is 0.270 e. The van der Waals surface area contributed by atoms with Crippen LogP contribution in [0.5, 0.6) is 0 Å². The van der Waals surface area contributed by atoms with Crippen molar-refractivity contribution in [1.82, 2.24) is 5.43 Å². The molecule has 7 nitrogen and oxygen atoms in total. The van der Waals surface area contributed by atoms with E-state index in [0.29, 0.717) is 22.2 Å². The molecule has 9 heteroatoms. The van der Waals surface area contributed by atoms with Crippen LogP contribution in [0.4, 0.5) is 11.4 Å². The van der Waals surface area contributed by atoms with Crippen LogP contribution in [-0.4, -0.2) is 16.3 Å². The van der Waals surface area contributed by atoms with Gasteiger partial charge in [0.25, 0.3) is 5.69 Å². The summed E-state index contributed by atoms with van der Waals surface area (Å²) < 4.78 is 5.64. The second-order valence-corrected chi connectivity index (χ2v) is 6.13. The summed E-state index contributed by atoms with van der Waals surface area (Å²) in [5, 5.41) is 18.3. The summed E-state index contributed by atoms with van der Waals surface area (Å²) in [6.45, 7) is 0. The fraction of sp³-hybridized carbons (Fsp3) is 0. The van der Waals surface area contributed by atoms with Gasteiger partial charge in [-0.2, -0.15) is 5.10 Å². The van der Waals surface area contributed by atoms with E-state index in [-0.39, 0.29) is 10.7 Å². The van der Waals surface area contributed by atoms with Crippen LogP contribution < -0.4 is 10.7 Å². The number of hydrazone groups is 1. The van der Waals surface area contributed by atoms with E-state index < -0.39 is 4.92 Å². The van der Waals surface area contributed by atoms with Crippen LogP contribution >= 0.6 is 23.8 Å². The molecule has 0 fully saturated rings. The van der Waals surface area contributed by atoms with Gasteiger partial charge in [-0.15, -0.1) is 0 Å². The lowest BCUT2D eigenvalue weighted by molar-refractivity contribution is -0.384. The van der Waals surface area contributed by atoms with Gasteiger partial charge in [-0.3, -0.25) is 15.5 Å². The Morgan fingerprint density at radius 2 is 1.96 bits per heavy atom. The van der Waals surface area contributed by atoms with Gasteiger partial charge >= 0.3 is 0 Å². The SMILES string of the molecule is O=[N+]([O-])c1ccc(-c2ccc(/C=N\NC(=S)Nc3ccccc3)o2)c(Cl)c1. The molecule has 136 valence electrons. The summed E-state index contributed by atoms with van der Waals surface area (Å²) in [6, 6.07) is 17.0. The van der Waals surface area contributed by atoms with E-state index in [9.17, 15) is 10.1 Å². The van der Waals surface area contributed by atoms with Crippen LogP contribution in [0.3, 0.4) is 0 Å². The molecule has 1 heterocycles. The molecule has 3 aromatic rings. The second-order valence-electron chi connectivity index (χ2n) is 5.31. The van der Waals surface area contributed by atoms with Gasteiger partial charge in [0, 0.05) is 23.4 Å². The first-order chi connectivity index (χ1) is 13.0. The van der Waals surface area contributed by atoms with E-state index >= 15 is 0 Å². The van der Waals surface area contributed by atoms with Crippen molar-refractivity contribution >= 4 is 46.5 Å². The van der Waals surface area contributed by atoms with Crippen LogP contribution in [0.25, 0.3) is 11.3 Å². The summed E-state index contributed by atoms with van der Waals surface area (Å²) in [7, 11) is 0. The van der Waals surface area contributed by atoms with Crippen molar-refractivity contribution in [2.75, 3.05) is 5.32 Å². The molecule has 0 amide bonds. The summed E-state index contributed by atoms with van der Waals surface area (Å²) in [5.74, 6) is 0.941. The maximum absolute atomic E-state index is 10.8. The molecule has 0 aliphatic carbocycles. The van der Waals surface area contributed by atoms with Crippen molar-refractivity contribution in [1.29, 1.82) is 0 Å². The van der Waals surface area contributed by atoms with Gasteiger partial charge in [-0.25, -0.2) is 0 Å². The Morgan fingerprint density at radius 1 is 1.19 bits per heavy atom. The average molecular weight is 401 g/mol. The number of rotatable bonds is 5. The topological polar surface area (TPSA) is 92.7 Å². The molecule has 0 saturated heterocycles. The van der Waals surface area contributed by atoms with Crippen LogP contribution in [0.2, 0.25) is 5.02 Å². The van der Waals surface area contributed by atoms with E-state index in [4.69, 9.17) is 28.2 Å². The van der Waals surface area contributed by atoms with E-state index in [1.54, 1.807) is 12.1 Å². The lowest BCUT2D eigenvalue weighted by Crippen LogP contribution is -2.23. The van der Waals surface area contributed by atoms with Crippen molar-refractivity contribution in [3.05, 3.63) is 81.6 Å². The molecule has 0 bridgehead atoms. The Morgan fingerprint density at radius 3 is 2.67 bits per heavy atom. The van der Waals surface area contributed by atoms with Crippen molar-refractivity contribution in [2.45, 2.75) is 0 Å². The fourth-order valence-corrected chi connectivity index (χ4v) is 2.66. The summed E-state index contributed by atoms with van der Waals surface area (Å²) in [4.78, 5) is 10.3. The monoisotopic (exact) mass is 400 g/mol. The average Bonchev–Trinajstić information content (AvgIpc) is 3.11. The van der Waals surface area contributed by atoms with Crippen LogP contribution in [0.1, 0.15) is 5.76 Å². The number of halogens is 1. The number of non-ortho nitro benzene ring substituents is 1. The molecule has 0 atom stereocenters. The summed E-state index contributed by atoms with van der Waals surface area (Å²) in [6.07, 6.45) is 1.46. The molecule has 0 aliphatic rings. The van der Waals surface area contributed by atoms with Crippen molar-refractivity contribution < 1.29 is 9.34 Å². The number of para-hydroxylation sites is 1. The molecular weight excluding hydrogens is 388 g/mol. The maximum atomic E-state index is 10.8. The van der Waals surface area contributed by atoms with Gasteiger partial charge < -0.3 is 9.73 Å². The van der Waals surface area contributed by atoms with E-state index in [0.717, 1.165) is 5.69 Å². The molecule has 0 aliphatic heterocycles. The van der Waals surface area contributed by atoms with E-state index in [2.05, 4.69) is 15.8 Å². The lowest BCUT2D eigenvalue weighted by Gasteiger charge is -2.05. The Labute approximate surface area is 164 Å². The summed E-state index contributed by atoms with van der Waals surface area (Å²) >= 11 is 11.2. The molecule has 2 aromatic carbocycles. The number of nitrogens with zero attached hydrogens (tertiary/aromatic N) is 2. The van der Waals surface area contributed by atoms with Crippen molar-refractivity contribution in [3.63, 3.8) is 0 Å². The minimum absolute atomic E-state index is 0.0827. The third kappa shape index (κ3) is 4.90. The number of furan rings is 1. The van der Waals surface area contributed by atoms with Gasteiger partial charge in [-0.1, -0.05) is 29.8 Å². The molecule has 0 saturated carbocycles. The Kier molecular flexibility index (Phi) is 5.80. The first kappa shape index (κ1) is 18.6. The fourth-order valence-electron chi connectivity index (χ4n) is 2.22. The highest BCUT2D eigenvalue weighted by Gasteiger charge is 2.13. The van der Waals surface area contributed by atoms with Gasteiger partial charge in [-0.05, 0) is 42.5 Å². The number of anilines is 1. The van der Waals surface area contributed by atoms with Gasteiger partial charge in [0.05, 0.1) is 16.2 Å². The van der Waals surface area contributed by atoms with E-state index in [1.165, 1.54) is 24.4 Å². The number of benzene rings is 2. The quantitative estimate of drug-likeness (QED) is 0.276. The lowest BCUT2D eigenvalue weighted by atomic mass is 10.1. The van der Waals surface area contributed by atoms with Gasteiger partial charge in [0.1, 0.15) is 11.5 Å². The molecule has 27 heavy (non-hydrogen) atoms. The normalized spacial score (nSPS) is 10.7. The van der Waals surface area contributed by atoms with Crippen molar-refractivity contribution in [3.8, 4) is 11.3 Å². The first-order valence-electron chi connectivity index (χ1n) is 7.72. The molecule has 0 radical (unpaired) electrons. The highest BCUT2D eigenvalue weighted by Crippen LogP contribution is 2.31. The summed E-state index contributed by atoms with van der Waals surface area (Å²) in [5.41, 5.74) is 4.00. The zero-order valence-electron chi connectivity index (χ0n) is 13.8. The van der Waals surface area contributed by atoms with Gasteiger partial charge in [0.2, 0.25) is 0 Å². The minimum atomic E-state index is -0.506. The largest absolute Gasteiger partial charge is 0.455 e. The number of nitrogens with one attached hydrogen (secondary N) is 2. The first-order valence-corrected chi connectivity index (χ1v) is 8.51. The number of nitro groups is 1. The third-order valence-corrected chi connectivity index (χ3v) is 3.95. The third-order valence-electron chi connectivity index (χ3n) is 3.45. The molecule has 3 rings (SSSR count). The van der Waals surface area contributed by atoms with E-state index in [1.807, 2.05) is 30.3 Å². The number of nitro benzene ring substituents is 1. The highest BCUT2D eigenvalue weighted by molar-refractivity contribution is 7.80. The van der Waals surface area contributed by atoms with Crippen LogP contribution in [-0.2, 0) is 0 Å². The predicted octanol–water partition coefficient (Wildman–Crippen LogP) is 4.83. The number of hydrogen-bond acceptors (Lipinski definition) is 5. The van der Waals surface area contributed by atoms with Crippen LogP contribution in [0, 0.1) is 10.1 Å². The molecule has 1 aromatic heterocycles. The zero-order chi connectivity index (χ0) is 19.2. The Balaban J connectivity index is 1.63. The van der Waals surface area contributed by atoms with Gasteiger partial charge in [0.15, 0.2) is 5.11 Å². The predicted molar refractivity (Wildman–Crippen MR) is 109 cm³/mol. The zero-order valence-corrected chi connectivity index (χ0v) is 15.3. The maximum Gasteiger partial charge on any atom is 0.270 e. The Hall–Kier alpha value is -3.23. The Bertz CT molecular complexity index is 1000. The molecule has 0 unspecified atom stereocenters. The number of hydrogen-bond donors (Lipinski definition) is 2. The molecule has 2 N–H and O–H groups in total. The van der Waals surface area contributed by atoms with Crippen LogP contribution in [0.15, 0.2) is 70.2 Å². The number of thiocarbonyl (C=S) groups is 1. The standard InChI is InChI=1S/C18H13ClN4O3S/c19-16-10-13(23(24)25)6-8-15(16)17-9-7-14(26-17)11-20-22-18(27)21-12-4-2-1-3-5-12/h1-11H,(H2,21,22,27)/b20-11-. The van der Waals surface area contributed by atoms with Crippen molar-refractivity contribution in [2.24, 2.45) is 5.10 Å². The second kappa shape index (κ2) is 8.43. The molecule has 0 spiro atoms.